The Morgan fingerprint density at radius 3 is 1.67 bits per heavy atom. The fraction of sp³-hybridized carbons (Fsp3) is 1.00. The molecule has 0 aliphatic carbocycles. The van der Waals surface area contributed by atoms with Crippen molar-refractivity contribution in [3.63, 3.8) is 0 Å². The molecule has 0 aliphatic heterocycles. The number of hydrogen-bond acceptors (Lipinski definition) is 1. The third-order valence-electron chi connectivity index (χ3n) is 0. The molecular formula is C2H5AlCl2O. The predicted octanol–water partition coefficient (Wildman–Crippen LogP) is 0.365. The SMILES string of the molecule is CC[O-].[Cl][Al+][Cl]. The van der Waals surface area contributed by atoms with Crippen LogP contribution in [-0.4, -0.2) is 20.0 Å². The average Bonchev–Trinajstić information content (AvgIpc) is 1.39. The Morgan fingerprint density at radius 1 is 1.67 bits per heavy atom. The molecular weight excluding hydrogens is 138 g/mol. The first kappa shape index (κ1) is 10.1. The number of halogens is 2. The van der Waals surface area contributed by atoms with E-state index in [2.05, 4.69) is 0 Å². The van der Waals surface area contributed by atoms with Crippen LogP contribution in [0.2, 0.25) is 0 Å². The van der Waals surface area contributed by atoms with Crippen LogP contribution >= 0.6 is 20.1 Å². The van der Waals surface area contributed by atoms with Crippen LogP contribution in [0.1, 0.15) is 6.92 Å². The molecule has 0 saturated carbocycles. The molecule has 0 spiro atoms. The van der Waals surface area contributed by atoms with Crippen molar-refractivity contribution in [3.05, 3.63) is 0 Å². The molecule has 0 aromatic carbocycles. The summed E-state index contributed by atoms with van der Waals surface area (Å²) >= 11 is -0.306. The van der Waals surface area contributed by atoms with E-state index in [-0.39, 0.29) is 20.0 Å². The van der Waals surface area contributed by atoms with Gasteiger partial charge < -0.3 is 5.11 Å². The molecule has 36 valence electrons. The topological polar surface area (TPSA) is 23.1 Å². The Hall–Kier alpha value is 1.07. The molecule has 0 aliphatic rings. The van der Waals surface area contributed by atoms with Crippen LogP contribution in [0.15, 0.2) is 0 Å². The molecule has 0 amide bonds. The van der Waals surface area contributed by atoms with Crippen LogP contribution in [0.3, 0.4) is 0 Å². The van der Waals surface area contributed by atoms with Gasteiger partial charge in [-0.2, -0.15) is 0 Å². The van der Waals surface area contributed by atoms with Crippen LogP contribution in [0.4, 0.5) is 0 Å². The third kappa shape index (κ3) is 73.1. The van der Waals surface area contributed by atoms with E-state index in [9.17, 15) is 0 Å². The molecule has 0 atom stereocenters. The monoisotopic (exact) mass is 142 g/mol. The van der Waals surface area contributed by atoms with E-state index in [1.165, 1.54) is 0 Å². The Labute approximate surface area is 52.4 Å². The Bertz CT molecular complexity index is 13.5. The molecule has 0 heterocycles. The Morgan fingerprint density at radius 2 is 1.67 bits per heavy atom. The fourth-order valence-corrected chi connectivity index (χ4v) is 0. The molecule has 0 N–H and O–H groups in total. The Balaban J connectivity index is 0. The number of hydrogen-bond donors (Lipinski definition) is 0. The molecule has 0 radical (unpaired) electrons. The van der Waals surface area contributed by atoms with Gasteiger partial charge in [-0.25, -0.2) is 0 Å². The van der Waals surface area contributed by atoms with E-state index in [1.807, 2.05) is 0 Å². The maximum atomic E-state index is 8.93. The second-order valence-electron chi connectivity index (χ2n) is 0.371. The van der Waals surface area contributed by atoms with Crippen molar-refractivity contribution in [2.24, 2.45) is 0 Å². The first-order valence-corrected chi connectivity index (χ1v) is 4.92. The van der Waals surface area contributed by atoms with Gasteiger partial charge in [0.15, 0.2) is 0 Å². The maximum absolute atomic E-state index is 8.93. The van der Waals surface area contributed by atoms with Gasteiger partial charge >= 0.3 is 33.5 Å². The second kappa shape index (κ2) is 16.6. The second-order valence-corrected chi connectivity index (χ2v) is 2.52. The van der Waals surface area contributed by atoms with Gasteiger partial charge in [-0.15, -0.1) is 6.61 Å². The summed E-state index contributed by atoms with van der Waals surface area (Å²) in [4.78, 5) is 0. The number of rotatable bonds is 0. The summed E-state index contributed by atoms with van der Waals surface area (Å²) in [6.07, 6.45) is 0. The first-order chi connectivity index (χ1) is 2.83. The molecule has 4 heteroatoms. The van der Waals surface area contributed by atoms with Gasteiger partial charge in [-0.05, 0) is 0 Å². The average molecular weight is 143 g/mol. The van der Waals surface area contributed by atoms with Crippen LogP contribution in [-0.2, 0) is 0 Å². The van der Waals surface area contributed by atoms with Crippen molar-refractivity contribution < 1.29 is 5.11 Å². The van der Waals surface area contributed by atoms with E-state index < -0.39 is 0 Å². The van der Waals surface area contributed by atoms with E-state index in [0.717, 1.165) is 0 Å². The normalized spacial score (nSPS) is 4.67. The van der Waals surface area contributed by atoms with Gasteiger partial charge in [0.2, 0.25) is 0 Å². The molecule has 0 bridgehead atoms. The first-order valence-electron chi connectivity index (χ1n) is 1.43. The summed E-state index contributed by atoms with van der Waals surface area (Å²) in [5.41, 5.74) is 0. The van der Waals surface area contributed by atoms with Crippen molar-refractivity contribution in [1.82, 2.24) is 0 Å². The third-order valence-corrected chi connectivity index (χ3v) is 0. The molecule has 0 aromatic rings. The molecule has 0 aromatic heterocycles. The van der Waals surface area contributed by atoms with Crippen LogP contribution < -0.4 is 5.11 Å². The summed E-state index contributed by atoms with van der Waals surface area (Å²) in [5, 5.41) is 8.93. The molecule has 0 saturated heterocycles. The van der Waals surface area contributed by atoms with Gasteiger partial charge in [0.05, 0.1) is 0 Å². The van der Waals surface area contributed by atoms with Gasteiger partial charge in [0.25, 0.3) is 0 Å². The summed E-state index contributed by atoms with van der Waals surface area (Å²) in [6, 6.07) is 0. The van der Waals surface area contributed by atoms with Gasteiger partial charge in [0, 0.05) is 0 Å². The van der Waals surface area contributed by atoms with Crippen molar-refractivity contribution in [3.8, 4) is 0 Å². The summed E-state index contributed by atoms with van der Waals surface area (Å²) in [7, 11) is 9.69. The van der Waals surface area contributed by atoms with Crippen LogP contribution in [0.5, 0.6) is 0 Å². The molecule has 0 unspecified atom stereocenters. The molecule has 1 nitrogen and oxygen atoms in total. The van der Waals surface area contributed by atoms with Crippen LogP contribution in [0, 0.1) is 0 Å². The Kier molecular flexibility index (Phi) is 28.0. The van der Waals surface area contributed by atoms with Gasteiger partial charge in [-0.3, -0.25) is 0 Å². The van der Waals surface area contributed by atoms with Crippen molar-refractivity contribution in [2.45, 2.75) is 6.92 Å². The standard InChI is InChI=1S/C2H5O.Al.2ClH/c1-2-3;;;/h2H2,1H3;;2*1H/q-1;+3;;/p-2. The fourth-order valence-electron chi connectivity index (χ4n) is 0. The summed E-state index contributed by atoms with van der Waals surface area (Å²) in [6.45, 7) is 1.57. The van der Waals surface area contributed by atoms with Crippen molar-refractivity contribution >= 4 is 33.5 Å². The zero-order valence-electron chi connectivity index (χ0n) is 3.45. The van der Waals surface area contributed by atoms with Crippen molar-refractivity contribution in [2.75, 3.05) is 6.61 Å². The minimum absolute atomic E-state index is 0. The molecule has 6 heavy (non-hydrogen) atoms. The van der Waals surface area contributed by atoms with E-state index in [1.54, 1.807) is 6.92 Å². The van der Waals surface area contributed by atoms with Gasteiger partial charge in [0.1, 0.15) is 0 Å². The predicted molar refractivity (Wildman–Crippen MR) is 28.0 cm³/mol. The quantitative estimate of drug-likeness (QED) is 0.449. The molecule has 0 fully saturated rings. The van der Waals surface area contributed by atoms with Crippen molar-refractivity contribution in [1.29, 1.82) is 0 Å². The zero-order valence-corrected chi connectivity index (χ0v) is 6.12. The van der Waals surface area contributed by atoms with E-state index in [0.29, 0.717) is 0 Å². The van der Waals surface area contributed by atoms with Crippen LogP contribution in [0.25, 0.3) is 0 Å². The van der Waals surface area contributed by atoms with E-state index in [4.69, 9.17) is 25.2 Å². The zero-order chi connectivity index (χ0) is 5.41. The summed E-state index contributed by atoms with van der Waals surface area (Å²) in [5.74, 6) is 0. The van der Waals surface area contributed by atoms with Gasteiger partial charge in [-0.1, -0.05) is 6.92 Å². The minimum atomic E-state index is -0.306. The molecule has 0 rings (SSSR count). The van der Waals surface area contributed by atoms with E-state index >= 15 is 0 Å². The summed E-state index contributed by atoms with van der Waals surface area (Å²) < 4.78 is 0.